The Hall–Kier alpha value is -4.70. The standard InChI is InChI=1S/C35H40ClN5O5/c1-3-31(42)37-18-9-8-17-30(39-32(43)23-26-12-5-7-16-29(26)36)35(46)41-21-19-40(20-22-41)34(45)24(2)38-33(44)28-15-10-13-25-11-4-6-14-27(25)28/h3-7,10-16,24,30H,1,8-9,17-23H2,2H3,(H,37,42)(H,38,44)(H,39,43)/t24-,30-/m0/s1. The van der Waals surface area contributed by atoms with E-state index >= 15 is 0 Å². The number of nitrogens with one attached hydrogen (secondary N) is 3. The number of rotatable bonds is 13. The van der Waals surface area contributed by atoms with Gasteiger partial charge in [0, 0.05) is 43.3 Å². The Kier molecular flexibility index (Phi) is 12.3. The van der Waals surface area contributed by atoms with Crippen molar-refractivity contribution in [2.45, 2.75) is 44.7 Å². The molecule has 0 saturated carbocycles. The third-order valence-electron chi connectivity index (χ3n) is 8.00. The van der Waals surface area contributed by atoms with Gasteiger partial charge < -0.3 is 25.8 Å². The van der Waals surface area contributed by atoms with Gasteiger partial charge in [-0.25, -0.2) is 0 Å². The van der Waals surface area contributed by atoms with Crippen molar-refractivity contribution in [3.05, 3.63) is 95.5 Å². The Labute approximate surface area is 274 Å². The molecule has 46 heavy (non-hydrogen) atoms. The summed E-state index contributed by atoms with van der Waals surface area (Å²) in [7, 11) is 0. The highest BCUT2D eigenvalue weighted by atomic mass is 35.5. The lowest BCUT2D eigenvalue weighted by molar-refractivity contribution is -0.142. The fourth-order valence-corrected chi connectivity index (χ4v) is 5.68. The number of piperazine rings is 1. The molecule has 10 nitrogen and oxygen atoms in total. The van der Waals surface area contributed by atoms with E-state index in [0.29, 0.717) is 68.1 Å². The summed E-state index contributed by atoms with van der Waals surface area (Å²) in [5.74, 6) is -1.38. The minimum Gasteiger partial charge on any atom is -0.353 e. The second-order valence-corrected chi connectivity index (χ2v) is 11.7. The van der Waals surface area contributed by atoms with Crippen molar-refractivity contribution >= 4 is 51.9 Å². The van der Waals surface area contributed by atoms with Crippen LogP contribution in [0, 0.1) is 0 Å². The lowest BCUT2D eigenvalue weighted by Crippen LogP contribution is -2.58. The van der Waals surface area contributed by atoms with Gasteiger partial charge in [0.2, 0.25) is 23.6 Å². The van der Waals surface area contributed by atoms with Gasteiger partial charge in [0.1, 0.15) is 12.1 Å². The molecular weight excluding hydrogens is 606 g/mol. The van der Waals surface area contributed by atoms with Crippen LogP contribution in [0.15, 0.2) is 79.4 Å². The number of carbonyl (C=O) groups excluding carboxylic acids is 5. The molecule has 3 N–H and O–H groups in total. The average Bonchev–Trinajstić information content (AvgIpc) is 3.07. The number of halogens is 1. The van der Waals surface area contributed by atoms with E-state index in [1.54, 1.807) is 47.1 Å². The lowest BCUT2D eigenvalue weighted by atomic mass is 10.0. The van der Waals surface area contributed by atoms with Gasteiger partial charge in [-0.15, -0.1) is 0 Å². The van der Waals surface area contributed by atoms with Crippen molar-refractivity contribution in [2.24, 2.45) is 0 Å². The summed E-state index contributed by atoms with van der Waals surface area (Å²) >= 11 is 6.24. The van der Waals surface area contributed by atoms with Gasteiger partial charge in [-0.1, -0.05) is 72.8 Å². The van der Waals surface area contributed by atoms with Crippen LogP contribution < -0.4 is 16.0 Å². The maximum absolute atomic E-state index is 13.6. The quantitative estimate of drug-likeness (QED) is 0.194. The first-order valence-corrected chi connectivity index (χ1v) is 15.8. The van der Waals surface area contributed by atoms with Crippen LogP contribution in [0.5, 0.6) is 0 Å². The molecule has 1 saturated heterocycles. The van der Waals surface area contributed by atoms with E-state index < -0.39 is 12.1 Å². The number of nitrogens with zero attached hydrogens (tertiary/aromatic N) is 2. The highest BCUT2D eigenvalue weighted by molar-refractivity contribution is 6.31. The Morgan fingerprint density at radius 1 is 0.848 bits per heavy atom. The van der Waals surface area contributed by atoms with E-state index in [0.717, 1.165) is 10.8 Å². The average molecular weight is 646 g/mol. The van der Waals surface area contributed by atoms with Crippen molar-refractivity contribution in [1.29, 1.82) is 0 Å². The molecule has 1 aliphatic heterocycles. The van der Waals surface area contributed by atoms with Gasteiger partial charge >= 0.3 is 0 Å². The first kappa shape index (κ1) is 34.2. The molecule has 3 aromatic carbocycles. The number of carbonyl (C=O) groups is 5. The molecule has 2 atom stereocenters. The van der Waals surface area contributed by atoms with E-state index in [1.807, 2.05) is 36.4 Å². The summed E-state index contributed by atoms with van der Waals surface area (Å²) in [5, 5.41) is 10.6. The second-order valence-electron chi connectivity index (χ2n) is 11.3. The minimum absolute atomic E-state index is 0.0313. The maximum Gasteiger partial charge on any atom is 0.252 e. The molecule has 0 spiro atoms. The second kappa shape index (κ2) is 16.6. The first-order chi connectivity index (χ1) is 22.2. The molecule has 0 aliphatic carbocycles. The number of benzene rings is 3. The molecule has 1 heterocycles. The molecule has 4 rings (SSSR count). The van der Waals surface area contributed by atoms with E-state index in [2.05, 4.69) is 22.5 Å². The van der Waals surface area contributed by atoms with Crippen molar-refractivity contribution in [3.63, 3.8) is 0 Å². The fraction of sp³-hybridized carbons (Fsp3) is 0.343. The van der Waals surface area contributed by atoms with Crippen LogP contribution in [0.25, 0.3) is 10.8 Å². The molecule has 0 unspecified atom stereocenters. The summed E-state index contributed by atoms with van der Waals surface area (Å²) in [6.45, 7) is 6.70. The predicted molar refractivity (Wildman–Crippen MR) is 178 cm³/mol. The van der Waals surface area contributed by atoms with Crippen LogP contribution in [-0.4, -0.2) is 84.1 Å². The number of unbranched alkanes of at least 4 members (excludes halogenated alkanes) is 1. The molecule has 0 radical (unpaired) electrons. The monoisotopic (exact) mass is 645 g/mol. The van der Waals surface area contributed by atoms with Gasteiger partial charge in [0.05, 0.1) is 6.42 Å². The smallest absolute Gasteiger partial charge is 0.252 e. The van der Waals surface area contributed by atoms with Crippen LogP contribution in [0.1, 0.15) is 42.1 Å². The number of hydrogen-bond acceptors (Lipinski definition) is 5. The Morgan fingerprint density at radius 3 is 2.22 bits per heavy atom. The highest BCUT2D eigenvalue weighted by Gasteiger charge is 2.31. The van der Waals surface area contributed by atoms with Crippen LogP contribution >= 0.6 is 11.6 Å². The topological polar surface area (TPSA) is 128 Å². The normalized spacial score (nSPS) is 14.2. The van der Waals surface area contributed by atoms with E-state index in [9.17, 15) is 24.0 Å². The molecule has 1 fully saturated rings. The summed E-state index contributed by atoms with van der Waals surface area (Å²) in [6, 6.07) is 18.6. The van der Waals surface area contributed by atoms with Crippen LogP contribution in [0.2, 0.25) is 5.02 Å². The summed E-state index contributed by atoms with van der Waals surface area (Å²) in [4.78, 5) is 67.7. The van der Waals surface area contributed by atoms with Gasteiger partial charge in [-0.3, -0.25) is 24.0 Å². The molecular formula is C35H40ClN5O5. The predicted octanol–water partition coefficient (Wildman–Crippen LogP) is 3.48. The van der Waals surface area contributed by atoms with Crippen molar-refractivity contribution in [3.8, 4) is 0 Å². The molecule has 3 aromatic rings. The maximum atomic E-state index is 13.6. The number of hydrogen-bond donors (Lipinski definition) is 3. The highest BCUT2D eigenvalue weighted by Crippen LogP contribution is 2.19. The summed E-state index contributed by atoms with van der Waals surface area (Å²) in [6.07, 6.45) is 2.82. The molecule has 5 amide bonds. The third kappa shape index (κ3) is 9.17. The van der Waals surface area contributed by atoms with Crippen LogP contribution in [0.4, 0.5) is 0 Å². The molecule has 11 heteroatoms. The Balaban J connectivity index is 1.33. The van der Waals surface area contributed by atoms with Crippen molar-refractivity contribution in [2.75, 3.05) is 32.7 Å². The Morgan fingerprint density at radius 2 is 1.50 bits per heavy atom. The van der Waals surface area contributed by atoms with Gasteiger partial charge in [-0.2, -0.15) is 0 Å². The van der Waals surface area contributed by atoms with Crippen molar-refractivity contribution < 1.29 is 24.0 Å². The Bertz CT molecular complexity index is 1580. The summed E-state index contributed by atoms with van der Waals surface area (Å²) < 4.78 is 0. The SMILES string of the molecule is C=CC(=O)NCCCC[C@H](NC(=O)Cc1ccccc1Cl)C(=O)N1CCN(C(=O)[C@H](C)NC(=O)c2cccc3ccccc23)CC1. The van der Waals surface area contributed by atoms with Crippen molar-refractivity contribution in [1.82, 2.24) is 25.8 Å². The summed E-state index contributed by atoms with van der Waals surface area (Å²) in [5.41, 5.74) is 1.16. The first-order valence-electron chi connectivity index (χ1n) is 15.5. The van der Waals surface area contributed by atoms with E-state index in [-0.39, 0.29) is 36.0 Å². The number of amides is 5. The van der Waals surface area contributed by atoms with E-state index in [4.69, 9.17) is 11.6 Å². The molecule has 242 valence electrons. The zero-order valence-corrected chi connectivity index (χ0v) is 26.7. The lowest BCUT2D eigenvalue weighted by Gasteiger charge is -2.37. The zero-order chi connectivity index (χ0) is 33.1. The number of fused-ring (bicyclic) bond motifs is 1. The largest absolute Gasteiger partial charge is 0.353 e. The molecule has 1 aliphatic rings. The van der Waals surface area contributed by atoms with Gasteiger partial charge in [-0.05, 0) is 60.7 Å². The van der Waals surface area contributed by atoms with Gasteiger partial charge in [0.15, 0.2) is 0 Å². The van der Waals surface area contributed by atoms with Gasteiger partial charge in [0.25, 0.3) is 5.91 Å². The fourth-order valence-electron chi connectivity index (χ4n) is 5.48. The molecule has 0 bridgehead atoms. The third-order valence-corrected chi connectivity index (χ3v) is 8.37. The van der Waals surface area contributed by atoms with E-state index in [1.165, 1.54) is 6.08 Å². The zero-order valence-electron chi connectivity index (χ0n) is 26.0. The molecule has 0 aromatic heterocycles. The minimum atomic E-state index is -0.772. The van der Waals surface area contributed by atoms with Crippen LogP contribution in [-0.2, 0) is 25.6 Å². The van der Waals surface area contributed by atoms with Crippen LogP contribution in [0.3, 0.4) is 0 Å².